The number of nitrogens with one attached hydrogen (secondary N) is 1. The van der Waals surface area contributed by atoms with E-state index in [0.717, 1.165) is 66.9 Å². The largest absolute Gasteiger partial charge is 0.497 e. The van der Waals surface area contributed by atoms with Gasteiger partial charge < -0.3 is 19.4 Å². The molecule has 168 valence electrons. The van der Waals surface area contributed by atoms with Crippen molar-refractivity contribution in [1.82, 2.24) is 19.9 Å². The normalized spacial score (nSPS) is 14.4. The van der Waals surface area contributed by atoms with Crippen LogP contribution in [0.2, 0.25) is 0 Å². The Morgan fingerprint density at radius 1 is 1.03 bits per heavy atom. The highest BCUT2D eigenvalue weighted by molar-refractivity contribution is 5.56. The lowest BCUT2D eigenvalue weighted by molar-refractivity contribution is 0.245. The maximum absolute atomic E-state index is 11.9. The lowest BCUT2D eigenvalue weighted by Gasteiger charge is -2.35. The summed E-state index contributed by atoms with van der Waals surface area (Å²) in [5.41, 5.74) is 2.57. The molecule has 1 fully saturated rings. The van der Waals surface area contributed by atoms with Crippen LogP contribution in [0.25, 0.3) is 11.4 Å². The molecule has 0 saturated carbocycles. The van der Waals surface area contributed by atoms with E-state index in [-0.39, 0.29) is 5.56 Å². The molecular weight excluding hydrogens is 406 g/mol. The average Bonchev–Trinajstić information content (AvgIpc) is 2.84. The summed E-state index contributed by atoms with van der Waals surface area (Å²) in [5, 5.41) is 0. The Labute approximate surface area is 187 Å². The zero-order chi connectivity index (χ0) is 22.5. The monoisotopic (exact) mass is 435 g/mol. The topological polar surface area (TPSA) is 83.6 Å². The van der Waals surface area contributed by atoms with E-state index in [9.17, 15) is 4.79 Å². The first kappa shape index (κ1) is 21.8. The molecule has 1 aromatic carbocycles. The van der Waals surface area contributed by atoms with Gasteiger partial charge >= 0.3 is 0 Å². The third-order valence-electron chi connectivity index (χ3n) is 5.76. The number of hydrogen-bond donors (Lipinski definition) is 1. The van der Waals surface area contributed by atoms with Crippen molar-refractivity contribution in [2.75, 3.05) is 45.3 Å². The number of H-pyrrole nitrogens is 1. The molecule has 0 bridgehead atoms. The van der Waals surface area contributed by atoms with Gasteiger partial charge in [0.25, 0.3) is 5.56 Å². The zero-order valence-electron chi connectivity index (χ0n) is 18.8. The molecule has 0 aliphatic carbocycles. The Morgan fingerprint density at radius 2 is 1.84 bits per heavy atom. The summed E-state index contributed by atoms with van der Waals surface area (Å²) >= 11 is 0. The third kappa shape index (κ3) is 4.91. The number of anilines is 1. The zero-order valence-corrected chi connectivity index (χ0v) is 18.8. The highest BCUT2D eigenvalue weighted by atomic mass is 16.5. The van der Waals surface area contributed by atoms with E-state index in [2.05, 4.69) is 24.8 Å². The van der Waals surface area contributed by atoms with Crippen LogP contribution in [0.15, 0.2) is 47.4 Å². The first-order valence-corrected chi connectivity index (χ1v) is 10.8. The minimum Gasteiger partial charge on any atom is -0.497 e. The van der Waals surface area contributed by atoms with Gasteiger partial charge in [-0.3, -0.25) is 9.69 Å². The molecule has 1 aliphatic heterocycles. The van der Waals surface area contributed by atoms with Crippen LogP contribution in [0.4, 0.5) is 5.82 Å². The van der Waals surface area contributed by atoms with Gasteiger partial charge in [-0.25, -0.2) is 9.97 Å². The number of benzene rings is 1. The van der Waals surface area contributed by atoms with Crippen LogP contribution in [-0.4, -0.2) is 60.3 Å². The van der Waals surface area contributed by atoms with Crippen LogP contribution in [0.3, 0.4) is 0 Å². The molecule has 1 N–H and O–H groups in total. The fourth-order valence-corrected chi connectivity index (χ4v) is 3.92. The fourth-order valence-electron chi connectivity index (χ4n) is 3.92. The predicted molar refractivity (Wildman–Crippen MR) is 125 cm³/mol. The fraction of sp³-hybridized carbons (Fsp3) is 0.375. The number of rotatable bonds is 7. The molecular formula is C24H29N5O3. The van der Waals surface area contributed by atoms with Gasteiger partial charge in [-0.2, -0.15) is 0 Å². The standard InChI is InChI=1S/C24H29N5O3/c1-4-19-14-23(30)27-24(26-19)17-5-8-22(25-15-17)29-11-9-28(10-12-29)16-18-13-20(31-2)6-7-21(18)32-3/h5-8,13-15H,4,9-12,16H2,1-3H3,(H,26,27,30). The minimum absolute atomic E-state index is 0.139. The van der Waals surface area contributed by atoms with Crippen molar-refractivity contribution >= 4 is 5.82 Å². The maximum atomic E-state index is 11.9. The van der Waals surface area contributed by atoms with Gasteiger partial charge in [0, 0.05) is 61.8 Å². The molecule has 32 heavy (non-hydrogen) atoms. The summed E-state index contributed by atoms with van der Waals surface area (Å²) < 4.78 is 10.9. The summed E-state index contributed by atoms with van der Waals surface area (Å²) in [6, 6.07) is 11.4. The van der Waals surface area contributed by atoms with Crippen LogP contribution >= 0.6 is 0 Å². The Hall–Kier alpha value is -3.39. The molecule has 3 heterocycles. The SMILES string of the molecule is CCc1cc(=O)[nH]c(-c2ccc(N3CCN(Cc4cc(OC)ccc4OC)CC3)nc2)n1. The lowest BCUT2D eigenvalue weighted by Crippen LogP contribution is -2.46. The number of nitrogens with zero attached hydrogens (tertiary/aromatic N) is 4. The molecule has 1 aliphatic rings. The molecule has 8 nitrogen and oxygen atoms in total. The van der Waals surface area contributed by atoms with Crippen LogP contribution in [-0.2, 0) is 13.0 Å². The molecule has 8 heteroatoms. The Balaban J connectivity index is 1.40. The van der Waals surface area contributed by atoms with Crippen molar-refractivity contribution in [2.45, 2.75) is 19.9 Å². The summed E-state index contributed by atoms with van der Waals surface area (Å²) in [7, 11) is 3.37. The van der Waals surface area contributed by atoms with E-state index < -0.39 is 0 Å². The van der Waals surface area contributed by atoms with E-state index >= 15 is 0 Å². The molecule has 0 unspecified atom stereocenters. The van der Waals surface area contributed by atoms with Crippen molar-refractivity contribution in [1.29, 1.82) is 0 Å². The van der Waals surface area contributed by atoms with Crippen molar-refractivity contribution in [3.63, 3.8) is 0 Å². The van der Waals surface area contributed by atoms with Gasteiger partial charge in [-0.15, -0.1) is 0 Å². The smallest absolute Gasteiger partial charge is 0.251 e. The molecule has 0 amide bonds. The highest BCUT2D eigenvalue weighted by Crippen LogP contribution is 2.26. The van der Waals surface area contributed by atoms with Crippen LogP contribution in [0.5, 0.6) is 11.5 Å². The van der Waals surface area contributed by atoms with Gasteiger partial charge in [0.2, 0.25) is 0 Å². The molecule has 0 atom stereocenters. The average molecular weight is 436 g/mol. The van der Waals surface area contributed by atoms with Crippen LogP contribution < -0.4 is 19.9 Å². The first-order chi connectivity index (χ1) is 15.6. The van der Waals surface area contributed by atoms with Gasteiger partial charge in [0.1, 0.15) is 23.1 Å². The van der Waals surface area contributed by atoms with E-state index in [4.69, 9.17) is 9.47 Å². The molecule has 1 saturated heterocycles. The highest BCUT2D eigenvalue weighted by Gasteiger charge is 2.20. The second-order valence-electron chi connectivity index (χ2n) is 7.78. The molecule has 3 aromatic rings. The van der Waals surface area contributed by atoms with E-state index in [1.807, 2.05) is 37.3 Å². The lowest BCUT2D eigenvalue weighted by atomic mass is 10.1. The van der Waals surface area contributed by atoms with Gasteiger partial charge in [-0.05, 0) is 36.8 Å². The number of aromatic amines is 1. The van der Waals surface area contributed by atoms with Crippen molar-refractivity contribution in [3.8, 4) is 22.9 Å². The number of aromatic nitrogens is 3. The van der Waals surface area contributed by atoms with Crippen molar-refractivity contribution in [3.05, 3.63) is 64.2 Å². The predicted octanol–water partition coefficient (Wildman–Crippen LogP) is 2.73. The Morgan fingerprint density at radius 3 is 2.50 bits per heavy atom. The number of hydrogen-bond acceptors (Lipinski definition) is 7. The molecule has 4 rings (SSSR count). The number of aryl methyl sites for hydroxylation is 1. The quantitative estimate of drug-likeness (QED) is 0.611. The maximum Gasteiger partial charge on any atom is 0.251 e. The third-order valence-corrected chi connectivity index (χ3v) is 5.76. The Kier molecular flexibility index (Phi) is 6.70. The van der Waals surface area contributed by atoms with Crippen molar-refractivity contribution < 1.29 is 9.47 Å². The molecule has 2 aromatic heterocycles. The number of ether oxygens (including phenoxy) is 2. The number of piperazine rings is 1. The van der Waals surface area contributed by atoms with Gasteiger partial charge in [0.05, 0.1) is 14.2 Å². The van der Waals surface area contributed by atoms with Crippen molar-refractivity contribution in [2.24, 2.45) is 0 Å². The van der Waals surface area contributed by atoms with E-state index in [1.165, 1.54) is 6.07 Å². The van der Waals surface area contributed by atoms with Crippen LogP contribution in [0, 0.1) is 0 Å². The van der Waals surface area contributed by atoms with Gasteiger partial charge in [0.15, 0.2) is 0 Å². The van der Waals surface area contributed by atoms with E-state index in [1.54, 1.807) is 20.4 Å². The van der Waals surface area contributed by atoms with Crippen LogP contribution in [0.1, 0.15) is 18.2 Å². The molecule has 0 spiro atoms. The van der Waals surface area contributed by atoms with Gasteiger partial charge in [-0.1, -0.05) is 6.92 Å². The molecule has 0 radical (unpaired) electrons. The second kappa shape index (κ2) is 9.82. The number of methoxy groups -OCH3 is 2. The minimum atomic E-state index is -0.139. The summed E-state index contributed by atoms with van der Waals surface area (Å²) in [6.07, 6.45) is 2.49. The Bertz CT molecular complexity index is 1110. The second-order valence-corrected chi connectivity index (χ2v) is 7.78. The van der Waals surface area contributed by atoms with E-state index in [0.29, 0.717) is 12.2 Å². The summed E-state index contributed by atoms with van der Waals surface area (Å²) in [4.78, 5) is 28.5. The number of pyridine rings is 1. The summed E-state index contributed by atoms with van der Waals surface area (Å²) in [6.45, 7) is 6.43. The first-order valence-electron chi connectivity index (χ1n) is 10.8. The summed E-state index contributed by atoms with van der Waals surface area (Å²) in [5.74, 6) is 3.21.